The molecule has 2 aliphatic heterocycles. The van der Waals surface area contributed by atoms with Gasteiger partial charge in [-0.3, -0.25) is 9.00 Å². The molecule has 8 aromatic heterocycles. The summed E-state index contributed by atoms with van der Waals surface area (Å²) in [6, 6.07) is 92.4. The molecular weight excluding hydrogens is 2730 g/mol. The number of aliphatic hydroxyl groups excluding tert-OH is 1. The molecule has 2 atom stereocenters. The summed E-state index contributed by atoms with van der Waals surface area (Å²) in [5.74, 6) is -0.0625. The summed E-state index contributed by atoms with van der Waals surface area (Å²) >= 11 is 1.64. The predicted octanol–water partition coefficient (Wildman–Crippen LogP) is 21.5. The zero-order valence-electron chi connectivity index (χ0n) is 66.4. The normalized spacial score (nSPS) is 14.4. The van der Waals surface area contributed by atoms with E-state index in [2.05, 4.69) is 210 Å². The number of hydrogen-bond acceptors (Lipinski definition) is 11. The molecule has 2 unspecified atom stereocenters. The van der Waals surface area contributed by atoms with Crippen LogP contribution < -0.4 is 8.70 Å². The van der Waals surface area contributed by atoms with Gasteiger partial charge in [0, 0.05) is 175 Å². The van der Waals surface area contributed by atoms with Crippen molar-refractivity contribution in [3.05, 3.63) is 367 Å². The first-order valence-electron chi connectivity index (χ1n) is 37.3. The molecule has 4 aliphatic carbocycles. The number of ketones is 1. The van der Waals surface area contributed by atoms with Crippen LogP contribution in [0.25, 0.3) is 98.6 Å². The molecular formula is C98H71AsF6Ir5N7O3PtS2-5. The van der Waals surface area contributed by atoms with Gasteiger partial charge in [-0.25, -0.2) is 0 Å². The van der Waals surface area contributed by atoms with Gasteiger partial charge in [-0.2, -0.15) is 37.7 Å². The third kappa shape index (κ3) is 19.1. The molecule has 0 amide bonds. The fourth-order valence-corrected chi connectivity index (χ4v) is 20.8. The summed E-state index contributed by atoms with van der Waals surface area (Å²) in [5, 5.41) is 12.0. The van der Waals surface area contributed by atoms with Crippen LogP contribution in [0.2, 0.25) is 0 Å². The Hall–Kier alpha value is -8.28. The first kappa shape index (κ1) is 98.5. The van der Waals surface area contributed by atoms with Crippen LogP contribution in [0.3, 0.4) is 0 Å². The molecule has 22 rings (SSSR count). The SMILES string of the molecule is CC(=O)C=C(C)O.CC1(C)c2ccc[c-]c2-c2nccc3cccc1c23.CC1(C)c2ccc[c-]c2-c2ncccc21.CC1(C)c2ccc[c-]c2-c2ncccc21.FC(F)(F)C1(C(F)(F)F)c2ccc[c-]c2-c2ncccc21.O=S1c2ccc[c-]c2-c2ncccc21.[Ir].[Ir].[Ir].[Ir].[Ir].[Pt+2].[c-]1cccc2c1-c1ncccc1[AsH]2.[c-]1cccc2sc3cccnc3c12. The fourth-order valence-electron chi connectivity index (χ4n) is 15.8. The van der Waals surface area contributed by atoms with Crippen molar-refractivity contribution in [2.75, 3.05) is 0 Å². The van der Waals surface area contributed by atoms with Crippen molar-refractivity contribution >= 4 is 83.4 Å². The van der Waals surface area contributed by atoms with E-state index in [0.717, 1.165) is 102 Å². The number of carbonyl (C=O) groups is 1. The van der Waals surface area contributed by atoms with Gasteiger partial charge in [-0.05, 0) is 116 Å². The Morgan fingerprint density at radius 2 is 0.772 bits per heavy atom. The van der Waals surface area contributed by atoms with Crippen LogP contribution in [0.5, 0.6) is 0 Å². The summed E-state index contributed by atoms with van der Waals surface area (Å²) in [7, 11) is -1.07. The number of alkyl halides is 6. The summed E-state index contributed by atoms with van der Waals surface area (Å²) < 4.78 is 98.4. The Balaban J connectivity index is 0.000000160. The number of carbonyl (C=O) groups excluding carboxylic acids is 1. The quantitative estimate of drug-likeness (QED) is 0.0554. The Labute approximate surface area is 805 Å². The average molecular weight is 2800 g/mol. The van der Waals surface area contributed by atoms with Crippen LogP contribution in [0.4, 0.5) is 26.3 Å². The van der Waals surface area contributed by atoms with Crippen LogP contribution in [0.1, 0.15) is 99.9 Å². The van der Waals surface area contributed by atoms with E-state index in [-0.39, 0.29) is 176 Å². The minimum atomic E-state index is -5.54. The molecule has 10 nitrogen and oxygen atoms in total. The van der Waals surface area contributed by atoms with Gasteiger partial charge in [0.15, 0.2) is 11.2 Å². The molecule has 16 aromatic rings. The van der Waals surface area contributed by atoms with Crippen molar-refractivity contribution in [1.82, 2.24) is 34.9 Å². The number of benzene rings is 8. The first-order valence-corrected chi connectivity index (χ1v) is 41.4. The maximum Gasteiger partial charge on any atom is 0.0161 e. The number of allylic oxidation sites excluding steroid dienone is 2. The van der Waals surface area contributed by atoms with Gasteiger partial charge < -0.3 is 35.0 Å². The zero-order chi connectivity index (χ0) is 82.2. The Morgan fingerprint density at radius 3 is 1.32 bits per heavy atom. The van der Waals surface area contributed by atoms with Crippen molar-refractivity contribution in [3.63, 3.8) is 0 Å². The van der Waals surface area contributed by atoms with Gasteiger partial charge in [-0.1, -0.05) is 106 Å². The molecule has 0 spiro atoms. The van der Waals surface area contributed by atoms with E-state index in [1.165, 1.54) is 93.8 Å². The van der Waals surface area contributed by atoms with Crippen molar-refractivity contribution < 1.29 is 162 Å². The molecule has 1 N–H and O–H groups in total. The van der Waals surface area contributed by atoms with E-state index in [4.69, 9.17) is 5.11 Å². The number of halogens is 6. The van der Waals surface area contributed by atoms with Crippen LogP contribution >= 0.6 is 11.3 Å². The molecule has 5 radical (unpaired) electrons. The van der Waals surface area contributed by atoms with Crippen molar-refractivity contribution in [2.45, 2.75) is 99.2 Å². The number of aliphatic hydroxyl groups is 1. The van der Waals surface area contributed by atoms with Crippen molar-refractivity contribution in [3.8, 4) is 67.5 Å². The molecule has 0 saturated heterocycles. The average Bonchev–Trinajstić information content (AvgIpc) is 1.52. The smallest absolute Gasteiger partial charge is 0.0161 e. The number of hydrogen-bond donors (Lipinski definition) is 1. The topological polar surface area (TPSA) is 145 Å². The van der Waals surface area contributed by atoms with Gasteiger partial charge >= 0.3 is 117 Å². The molecule has 123 heavy (non-hydrogen) atoms. The standard InChI is InChI=1S/C18H14N.C14H6F6N.2C14H12N.C11H7AsN.C11H6NOS.C11H6NS.C5H8O2.5Ir.Pt/c1-18(2)14-8-4-3-7-13(14)17-16-12(10-11-19-17)6-5-9-15(16)18;15-13(16,17)12(14(18,19)20)9-5-2-1-4-8(9)11-10(12)6-3-7-21-11;2*1-14(2)11-7-4-3-6-10(11)13-12(14)8-5-9-15-13;1-2-5-9-8(4-1)11-10(12-9)6-3-7-13-11;13-14-9-5-2-1-4-8(9)11-10(14)6-3-7-12-11;1-2-5-9-8(4-1)11-10(13-9)6-3-7-12-11;1-4(6)3-5(2)7;;;;;;/h3-6,8-11H,1-2H3;1-3,5-7H;2*3-5,7-9H,1-2H3;1-3,5-7,12H;1-3,5-7H;1-3,5-7H;3,6H,1-2H3;;;;;;/q7*-1;;;;;;;+2. The fraction of sp³-hybridized carbons (Fsp3) is 0.143. The molecule has 635 valence electrons. The molecule has 10 heterocycles. The van der Waals surface area contributed by atoms with Gasteiger partial charge in [0.05, 0.1) is 5.76 Å². The number of thiophene rings is 1. The van der Waals surface area contributed by atoms with Crippen LogP contribution in [0, 0.1) is 42.5 Å². The summed E-state index contributed by atoms with van der Waals surface area (Å²) in [4.78, 5) is 41.8. The van der Waals surface area contributed by atoms with E-state index < -0.39 is 39.7 Å². The zero-order valence-corrected chi connectivity index (χ0v) is 84.4. The minimum Gasteiger partial charge on any atom is -0.303 e. The minimum absolute atomic E-state index is 0. The Kier molecular flexibility index (Phi) is 32.8. The van der Waals surface area contributed by atoms with E-state index in [9.17, 15) is 35.3 Å². The number of aromatic nitrogens is 7. The number of pyridine rings is 7. The molecule has 6 aliphatic rings. The van der Waals surface area contributed by atoms with E-state index in [1.807, 2.05) is 134 Å². The predicted molar refractivity (Wildman–Crippen MR) is 452 cm³/mol. The third-order valence-electron chi connectivity index (χ3n) is 21.1. The monoisotopic (exact) mass is 2810 g/mol. The van der Waals surface area contributed by atoms with Crippen molar-refractivity contribution in [2.24, 2.45) is 0 Å². The second-order valence-corrected chi connectivity index (χ2v) is 34.8. The van der Waals surface area contributed by atoms with Gasteiger partial charge in [0.25, 0.3) is 0 Å². The number of fused-ring (bicyclic) bond motifs is 20. The molecule has 8 aromatic carbocycles. The van der Waals surface area contributed by atoms with Crippen molar-refractivity contribution in [1.29, 1.82) is 0 Å². The van der Waals surface area contributed by atoms with Gasteiger partial charge in [0.2, 0.25) is 0 Å². The van der Waals surface area contributed by atoms with Crippen LogP contribution in [-0.4, -0.2) is 78.1 Å². The van der Waals surface area contributed by atoms with Gasteiger partial charge in [-0.15, -0.1) is 201 Å². The van der Waals surface area contributed by atoms with E-state index in [0.29, 0.717) is 0 Å². The summed E-state index contributed by atoms with van der Waals surface area (Å²) in [6.07, 6.45) is 2.25. The maximum atomic E-state index is 13.5. The molecule has 0 fully saturated rings. The van der Waals surface area contributed by atoms with Crippen LogP contribution in [0.15, 0.2) is 289 Å². The summed E-state index contributed by atoms with van der Waals surface area (Å²) in [5.41, 5.74) is 13.6. The van der Waals surface area contributed by atoms with Crippen LogP contribution in [-0.2, 0) is 159 Å². The second kappa shape index (κ2) is 41.0. The number of nitrogens with zero attached hydrogens (tertiary/aromatic N) is 7. The van der Waals surface area contributed by atoms with Gasteiger partial charge in [0.1, 0.15) is 0 Å². The number of rotatable bonds is 1. The Morgan fingerprint density at radius 1 is 0.390 bits per heavy atom. The first-order chi connectivity index (χ1) is 56.2. The largest absolute Gasteiger partial charge is 0.303 e. The Bertz CT molecular complexity index is 6170. The summed E-state index contributed by atoms with van der Waals surface area (Å²) in [6.45, 7) is 16.4. The third-order valence-corrected chi connectivity index (χ3v) is 26.6. The maximum absolute atomic E-state index is 13.5. The van der Waals surface area contributed by atoms with E-state index >= 15 is 0 Å². The van der Waals surface area contributed by atoms with E-state index in [1.54, 1.807) is 17.5 Å². The second-order valence-electron chi connectivity index (χ2n) is 29.5. The molecule has 0 bridgehead atoms. The molecule has 0 saturated carbocycles. The molecule has 25 heteroatoms.